The smallest absolute Gasteiger partial charge is 0.307 e. The molecule has 0 unspecified atom stereocenters. The van der Waals surface area contributed by atoms with Gasteiger partial charge in [0.05, 0.1) is 0 Å². The largest absolute Gasteiger partial charge is 0.337 e. The molecular formula is C11H14ClN3O2. The average Bonchev–Trinajstić information content (AvgIpc) is 2.25. The van der Waals surface area contributed by atoms with Crippen LogP contribution >= 0.6 is 11.6 Å². The second-order valence-electron chi connectivity index (χ2n) is 3.73. The highest BCUT2D eigenvalue weighted by Crippen LogP contribution is 2.14. The molecule has 0 fully saturated rings. The number of rotatable bonds is 2. The molecule has 0 saturated carbocycles. The van der Waals surface area contributed by atoms with Crippen LogP contribution in [0.4, 0.5) is 10.5 Å². The van der Waals surface area contributed by atoms with Crippen molar-refractivity contribution in [2.24, 2.45) is 5.92 Å². The van der Waals surface area contributed by atoms with E-state index in [1.807, 2.05) is 0 Å². The molecular weight excluding hydrogens is 242 g/mol. The van der Waals surface area contributed by atoms with Gasteiger partial charge in [-0.1, -0.05) is 31.5 Å². The summed E-state index contributed by atoms with van der Waals surface area (Å²) in [5.74, 6) is -0.451. The Morgan fingerprint density at radius 3 is 2.53 bits per heavy atom. The van der Waals surface area contributed by atoms with Gasteiger partial charge in [0.2, 0.25) is 5.91 Å². The summed E-state index contributed by atoms with van der Waals surface area (Å²) in [7, 11) is 0. The summed E-state index contributed by atoms with van der Waals surface area (Å²) in [6, 6.07) is 6.18. The van der Waals surface area contributed by atoms with E-state index in [2.05, 4.69) is 16.2 Å². The lowest BCUT2D eigenvalue weighted by Gasteiger charge is -2.10. The van der Waals surface area contributed by atoms with E-state index in [1.54, 1.807) is 38.1 Å². The van der Waals surface area contributed by atoms with E-state index < -0.39 is 6.03 Å². The Bertz CT molecular complexity index is 421. The number of hydrazine groups is 1. The molecule has 1 rings (SSSR count). The third kappa shape index (κ3) is 4.74. The van der Waals surface area contributed by atoms with Crippen LogP contribution in [0.5, 0.6) is 0 Å². The first-order valence-corrected chi connectivity index (χ1v) is 5.49. The predicted molar refractivity (Wildman–Crippen MR) is 66.6 cm³/mol. The third-order valence-corrected chi connectivity index (χ3v) is 2.14. The van der Waals surface area contributed by atoms with Crippen LogP contribution in [0.15, 0.2) is 24.3 Å². The van der Waals surface area contributed by atoms with E-state index in [9.17, 15) is 9.59 Å². The van der Waals surface area contributed by atoms with Crippen molar-refractivity contribution >= 4 is 29.2 Å². The third-order valence-electron chi connectivity index (χ3n) is 1.91. The molecule has 5 nitrogen and oxygen atoms in total. The highest BCUT2D eigenvalue weighted by Gasteiger charge is 2.07. The molecule has 0 radical (unpaired) electrons. The van der Waals surface area contributed by atoms with Crippen molar-refractivity contribution in [2.75, 3.05) is 5.32 Å². The van der Waals surface area contributed by atoms with Crippen molar-refractivity contribution in [3.63, 3.8) is 0 Å². The number of urea groups is 1. The number of nitrogens with one attached hydrogen (secondary N) is 3. The van der Waals surface area contributed by atoms with Gasteiger partial charge >= 0.3 is 6.03 Å². The Balaban J connectivity index is 2.43. The zero-order valence-corrected chi connectivity index (χ0v) is 10.3. The van der Waals surface area contributed by atoms with Gasteiger partial charge in [-0.05, 0) is 18.2 Å². The Morgan fingerprint density at radius 1 is 1.24 bits per heavy atom. The van der Waals surface area contributed by atoms with Gasteiger partial charge < -0.3 is 5.32 Å². The van der Waals surface area contributed by atoms with Crippen LogP contribution in [0, 0.1) is 5.92 Å². The summed E-state index contributed by atoms with van der Waals surface area (Å²) in [5, 5.41) is 3.05. The predicted octanol–water partition coefficient (Wildman–Crippen LogP) is 2.15. The number of hydrogen-bond donors (Lipinski definition) is 3. The van der Waals surface area contributed by atoms with Gasteiger partial charge in [0.25, 0.3) is 0 Å². The van der Waals surface area contributed by atoms with Crippen molar-refractivity contribution in [2.45, 2.75) is 13.8 Å². The van der Waals surface area contributed by atoms with Crippen LogP contribution in [0.2, 0.25) is 5.02 Å². The molecule has 92 valence electrons. The summed E-state index contributed by atoms with van der Waals surface area (Å²) in [6.07, 6.45) is 0. The number of amides is 3. The molecule has 0 saturated heterocycles. The van der Waals surface area contributed by atoms with Gasteiger partial charge in [0.15, 0.2) is 0 Å². The molecule has 0 aliphatic rings. The molecule has 0 aliphatic heterocycles. The molecule has 3 N–H and O–H groups in total. The molecule has 3 amide bonds. The van der Waals surface area contributed by atoms with Gasteiger partial charge in [-0.2, -0.15) is 0 Å². The minimum absolute atomic E-state index is 0.193. The molecule has 0 spiro atoms. The van der Waals surface area contributed by atoms with Crippen LogP contribution < -0.4 is 16.2 Å². The fraction of sp³-hybridized carbons (Fsp3) is 0.273. The van der Waals surface area contributed by atoms with E-state index in [4.69, 9.17) is 11.6 Å². The lowest BCUT2D eigenvalue weighted by Crippen LogP contribution is -2.45. The Morgan fingerprint density at radius 2 is 1.94 bits per heavy atom. The number of benzene rings is 1. The molecule has 0 atom stereocenters. The zero-order chi connectivity index (χ0) is 12.8. The van der Waals surface area contributed by atoms with Crippen LogP contribution in [0.1, 0.15) is 13.8 Å². The quantitative estimate of drug-likeness (QED) is 0.709. The molecule has 0 aliphatic carbocycles. The molecule has 1 aromatic rings. The molecule has 0 heterocycles. The van der Waals surface area contributed by atoms with Crippen molar-refractivity contribution in [3.8, 4) is 0 Å². The highest BCUT2D eigenvalue weighted by atomic mass is 35.5. The van der Waals surface area contributed by atoms with Crippen LogP contribution in [-0.4, -0.2) is 11.9 Å². The minimum atomic E-state index is -0.527. The second-order valence-corrected chi connectivity index (χ2v) is 4.17. The number of halogens is 1. The lowest BCUT2D eigenvalue weighted by molar-refractivity contribution is -0.124. The fourth-order valence-electron chi connectivity index (χ4n) is 0.991. The van der Waals surface area contributed by atoms with Crippen LogP contribution in [-0.2, 0) is 4.79 Å². The van der Waals surface area contributed by atoms with Gasteiger partial charge in [0, 0.05) is 16.6 Å². The molecule has 17 heavy (non-hydrogen) atoms. The van der Waals surface area contributed by atoms with Crippen molar-refractivity contribution in [3.05, 3.63) is 29.3 Å². The first-order chi connectivity index (χ1) is 7.99. The minimum Gasteiger partial charge on any atom is -0.307 e. The maximum absolute atomic E-state index is 11.4. The number of hydrogen-bond acceptors (Lipinski definition) is 2. The zero-order valence-electron chi connectivity index (χ0n) is 9.58. The van der Waals surface area contributed by atoms with Gasteiger partial charge in [-0.15, -0.1) is 0 Å². The second kappa shape index (κ2) is 6.10. The summed E-state index contributed by atoms with van der Waals surface area (Å²) in [6.45, 7) is 3.46. The van der Waals surface area contributed by atoms with Gasteiger partial charge in [0.1, 0.15) is 0 Å². The number of anilines is 1. The summed E-state index contributed by atoms with van der Waals surface area (Å²) < 4.78 is 0. The standard InChI is InChI=1S/C11H14ClN3O2/c1-7(2)10(16)14-15-11(17)13-9-5-3-4-8(12)6-9/h3-7H,1-2H3,(H,14,16)(H2,13,15,17). The fourth-order valence-corrected chi connectivity index (χ4v) is 1.18. The topological polar surface area (TPSA) is 70.2 Å². The Kier molecular flexibility index (Phi) is 4.78. The van der Waals surface area contributed by atoms with Crippen LogP contribution in [0.3, 0.4) is 0 Å². The van der Waals surface area contributed by atoms with Gasteiger partial charge in [-0.25, -0.2) is 10.2 Å². The highest BCUT2D eigenvalue weighted by molar-refractivity contribution is 6.30. The van der Waals surface area contributed by atoms with E-state index in [0.717, 1.165) is 0 Å². The van der Waals surface area contributed by atoms with Gasteiger partial charge in [-0.3, -0.25) is 10.2 Å². The van der Waals surface area contributed by atoms with E-state index >= 15 is 0 Å². The SMILES string of the molecule is CC(C)C(=O)NNC(=O)Nc1cccc(Cl)c1. The maximum atomic E-state index is 11.4. The van der Waals surface area contributed by atoms with Crippen LogP contribution in [0.25, 0.3) is 0 Å². The Labute approximate surface area is 105 Å². The molecule has 0 aromatic heterocycles. The normalized spacial score (nSPS) is 9.88. The number of carbonyl (C=O) groups is 2. The number of carbonyl (C=O) groups excluding carboxylic acids is 2. The van der Waals surface area contributed by atoms with Crippen molar-refractivity contribution in [1.82, 2.24) is 10.9 Å². The lowest BCUT2D eigenvalue weighted by atomic mass is 10.2. The average molecular weight is 256 g/mol. The molecule has 0 bridgehead atoms. The van der Waals surface area contributed by atoms with E-state index in [0.29, 0.717) is 10.7 Å². The first-order valence-electron chi connectivity index (χ1n) is 5.11. The van der Waals surface area contributed by atoms with Crippen molar-refractivity contribution in [1.29, 1.82) is 0 Å². The first kappa shape index (κ1) is 13.3. The summed E-state index contributed by atoms with van der Waals surface area (Å²) in [4.78, 5) is 22.5. The van der Waals surface area contributed by atoms with E-state index in [-0.39, 0.29) is 11.8 Å². The Hall–Kier alpha value is -1.75. The van der Waals surface area contributed by atoms with Crippen molar-refractivity contribution < 1.29 is 9.59 Å². The summed E-state index contributed by atoms with van der Waals surface area (Å²) >= 11 is 5.76. The summed E-state index contributed by atoms with van der Waals surface area (Å²) in [5.41, 5.74) is 5.07. The monoisotopic (exact) mass is 255 g/mol. The molecule has 6 heteroatoms. The van der Waals surface area contributed by atoms with E-state index in [1.165, 1.54) is 0 Å². The molecule has 1 aromatic carbocycles. The maximum Gasteiger partial charge on any atom is 0.337 e.